The van der Waals surface area contributed by atoms with Gasteiger partial charge in [-0.15, -0.1) is 11.6 Å². The molecule has 0 unspecified atom stereocenters. The zero-order chi connectivity index (χ0) is 24.6. The number of hydrogen-bond acceptors (Lipinski definition) is 4. The summed E-state index contributed by atoms with van der Waals surface area (Å²) < 4.78 is 38.5. The third-order valence-corrected chi connectivity index (χ3v) is 5.44. The fraction of sp³-hybridized carbons (Fsp3) is 0.0833. The van der Waals surface area contributed by atoms with Crippen LogP contribution < -0.4 is 10.6 Å². The maximum Gasteiger partial charge on any atom is 0.416 e. The molecule has 6 nitrogen and oxygen atoms in total. The molecular weight excluding hydrogens is 473 g/mol. The van der Waals surface area contributed by atoms with E-state index in [1.54, 1.807) is 12.1 Å². The molecule has 0 fully saturated rings. The van der Waals surface area contributed by atoms with E-state index in [-0.39, 0.29) is 39.2 Å². The van der Waals surface area contributed by atoms with Crippen LogP contribution in [0.1, 0.15) is 47.8 Å². The Labute approximate surface area is 195 Å². The molecule has 0 aromatic heterocycles. The number of amides is 2. The number of fused-ring (bicyclic) bond motifs is 2. The number of carbonyl (C=O) groups is 4. The highest BCUT2D eigenvalue weighted by molar-refractivity contribution is 6.32. The van der Waals surface area contributed by atoms with Gasteiger partial charge in [-0.25, -0.2) is 0 Å². The van der Waals surface area contributed by atoms with Crippen molar-refractivity contribution in [3.05, 3.63) is 94.0 Å². The highest BCUT2D eigenvalue weighted by Gasteiger charge is 2.34. The Morgan fingerprint density at radius 1 is 0.794 bits per heavy atom. The monoisotopic (exact) mass is 486 g/mol. The first-order valence-electron chi connectivity index (χ1n) is 9.81. The average Bonchev–Trinajstić information content (AvgIpc) is 2.82. The molecule has 0 spiro atoms. The topological polar surface area (TPSA) is 92.3 Å². The summed E-state index contributed by atoms with van der Waals surface area (Å²) in [4.78, 5) is 51.1. The Morgan fingerprint density at radius 2 is 1.41 bits per heavy atom. The second-order valence-corrected chi connectivity index (χ2v) is 7.59. The average molecular weight is 487 g/mol. The lowest BCUT2D eigenvalue weighted by Gasteiger charge is -2.23. The number of benzene rings is 3. The van der Waals surface area contributed by atoms with Gasteiger partial charge in [-0.05, 0) is 36.4 Å². The summed E-state index contributed by atoms with van der Waals surface area (Å²) >= 11 is 5.56. The number of anilines is 2. The maximum absolute atomic E-state index is 13.3. The van der Waals surface area contributed by atoms with Gasteiger partial charge in [0.05, 0.1) is 22.5 Å². The van der Waals surface area contributed by atoms with Crippen LogP contribution in [0.5, 0.6) is 0 Å². The van der Waals surface area contributed by atoms with Crippen LogP contribution in [-0.4, -0.2) is 29.3 Å². The number of rotatable bonds is 4. The highest BCUT2D eigenvalue weighted by atomic mass is 35.5. The molecule has 0 heterocycles. The second kappa shape index (κ2) is 8.75. The van der Waals surface area contributed by atoms with Gasteiger partial charge in [0.15, 0.2) is 11.6 Å². The van der Waals surface area contributed by atoms with Crippen molar-refractivity contribution in [2.75, 3.05) is 16.5 Å². The molecule has 10 heteroatoms. The van der Waals surface area contributed by atoms with Crippen molar-refractivity contribution in [2.24, 2.45) is 0 Å². The highest BCUT2D eigenvalue weighted by Crippen LogP contribution is 2.37. The van der Waals surface area contributed by atoms with E-state index in [0.29, 0.717) is 0 Å². The standard InChI is InChI=1S/C24H14ClF3N2O4/c25-11-18(31)29-17-10-9-16-19(22(33)15-4-2-1-3-14(15)21(16)32)20(17)30-23(34)12-5-7-13(8-6-12)24(26,27)28/h1-10H,11H2,(H,29,31)(H,30,34). The Balaban J connectivity index is 1.80. The van der Waals surface area contributed by atoms with E-state index in [1.165, 1.54) is 24.3 Å². The summed E-state index contributed by atoms with van der Waals surface area (Å²) in [6.07, 6.45) is -4.58. The van der Waals surface area contributed by atoms with Crippen LogP contribution in [-0.2, 0) is 11.0 Å². The third-order valence-electron chi connectivity index (χ3n) is 5.20. The molecule has 0 bridgehead atoms. The van der Waals surface area contributed by atoms with Crippen molar-refractivity contribution in [3.8, 4) is 0 Å². The molecule has 0 saturated heterocycles. The predicted octanol–water partition coefficient (Wildman–Crippen LogP) is 4.91. The Kier molecular flexibility index (Phi) is 5.97. The van der Waals surface area contributed by atoms with Crippen molar-refractivity contribution in [1.82, 2.24) is 0 Å². The zero-order valence-corrected chi connectivity index (χ0v) is 17.9. The van der Waals surface area contributed by atoms with Crippen LogP contribution in [0.2, 0.25) is 0 Å². The quantitative estimate of drug-likeness (QED) is 0.401. The lowest BCUT2D eigenvalue weighted by atomic mass is 9.82. The minimum Gasteiger partial charge on any atom is -0.323 e. The molecule has 1 aliphatic carbocycles. The smallest absolute Gasteiger partial charge is 0.323 e. The van der Waals surface area contributed by atoms with Crippen molar-refractivity contribution >= 4 is 46.4 Å². The predicted molar refractivity (Wildman–Crippen MR) is 118 cm³/mol. The zero-order valence-electron chi connectivity index (χ0n) is 17.1. The van der Waals surface area contributed by atoms with E-state index in [9.17, 15) is 32.3 Å². The van der Waals surface area contributed by atoms with Gasteiger partial charge in [-0.3, -0.25) is 19.2 Å². The summed E-state index contributed by atoms with van der Waals surface area (Å²) in [7, 11) is 0. The molecule has 3 aromatic carbocycles. The molecule has 0 aliphatic heterocycles. The maximum atomic E-state index is 13.3. The third kappa shape index (κ3) is 4.17. The number of carbonyl (C=O) groups excluding carboxylic acids is 4. The molecule has 34 heavy (non-hydrogen) atoms. The van der Waals surface area contributed by atoms with Gasteiger partial charge < -0.3 is 10.6 Å². The normalized spacial score (nSPS) is 12.6. The van der Waals surface area contributed by atoms with Crippen molar-refractivity contribution in [1.29, 1.82) is 0 Å². The largest absolute Gasteiger partial charge is 0.416 e. The first-order chi connectivity index (χ1) is 16.1. The number of alkyl halides is 4. The van der Waals surface area contributed by atoms with Crippen LogP contribution in [0, 0.1) is 0 Å². The second-order valence-electron chi connectivity index (χ2n) is 7.33. The minimum atomic E-state index is -4.58. The van der Waals surface area contributed by atoms with Crippen molar-refractivity contribution in [2.45, 2.75) is 6.18 Å². The fourth-order valence-electron chi connectivity index (χ4n) is 3.60. The van der Waals surface area contributed by atoms with Gasteiger partial charge in [0.1, 0.15) is 5.88 Å². The summed E-state index contributed by atoms with van der Waals surface area (Å²) in [5, 5.41) is 4.93. The number of hydrogen-bond donors (Lipinski definition) is 2. The molecule has 3 aromatic rings. The van der Waals surface area contributed by atoms with Gasteiger partial charge in [-0.1, -0.05) is 24.3 Å². The Hall–Kier alpha value is -3.98. The summed E-state index contributed by atoms with van der Waals surface area (Å²) in [6, 6.07) is 12.3. The Morgan fingerprint density at radius 3 is 2.00 bits per heavy atom. The summed E-state index contributed by atoms with van der Waals surface area (Å²) in [6.45, 7) is 0. The number of halogens is 4. The van der Waals surface area contributed by atoms with E-state index in [0.717, 1.165) is 24.3 Å². The lowest BCUT2D eigenvalue weighted by molar-refractivity contribution is -0.137. The van der Waals surface area contributed by atoms with Crippen LogP contribution in [0.4, 0.5) is 24.5 Å². The van der Waals surface area contributed by atoms with Gasteiger partial charge in [-0.2, -0.15) is 13.2 Å². The SMILES string of the molecule is O=C(CCl)Nc1ccc2c(c1NC(=O)c1ccc(C(F)(F)F)cc1)C(=O)c1ccccc1C2=O. The van der Waals surface area contributed by atoms with E-state index in [1.807, 2.05) is 0 Å². The van der Waals surface area contributed by atoms with Crippen LogP contribution >= 0.6 is 11.6 Å². The van der Waals surface area contributed by atoms with Crippen molar-refractivity contribution in [3.63, 3.8) is 0 Å². The summed E-state index contributed by atoms with van der Waals surface area (Å²) in [5.74, 6) is -2.91. The number of nitrogens with one attached hydrogen (secondary N) is 2. The molecule has 1 aliphatic rings. The van der Waals surface area contributed by atoms with Crippen molar-refractivity contribution < 1.29 is 32.3 Å². The lowest BCUT2D eigenvalue weighted by Crippen LogP contribution is -2.26. The molecule has 2 N–H and O–H groups in total. The minimum absolute atomic E-state index is 0.00481. The molecular formula is C24H14ClF3N2O4. The van der Waals surface area contributed by atoms with Gasteiger partial charge in [0, 0.05) is 22.3 Å². The molecule has 4 rings (SSSR count). The molecule has 0 radical (unpaired) electrons. The fourth-order valence-corrected chi connectivity index (χ4v) is 3.67. The molecule has 2 amide bonds. The van der Waals surface area contributed by atoms with Crippen LogP contribution in [0.25, 0.3) is 0 Å². The number of ketones is 2. The van der Waals surface area contributed by atoms with E-state index in [4.69, 9.17) is 11.6 Å². The van der Waals surface area contributed by atoms with Crippen LogP contribution in [0.3, 0.4) is 0 Å². The first kappa shape index (κ1) is 23.2. The Bertz CT molecular complexity index is 1350. The van der Waals surface area contributed by atoms with E-state index in [2.05, 4.69) is 10.6 Å². The van der Waals surface area contributed by atoms with Crippen LogP contribution in [0.15, 0.2) is 60.7 Å². The molecule has 0 saturated carbocycles. The first-order valence-corrected chi connectivity index (χ1v) is 10.3. The molecule has 172 valence electrons. The summed E-state index contributed by atoms with van der Waals surface area (Å²) in [5.41, 5.74) is -1.04. The van der Waals surface area contributed by atoms with Gasteiger partial charge >= 0.3 is 6.18 Å². The molecule has 0 atom stereocenters. The van der Waals surface area contributed by atoms with Gasteiger partial charge in [0.25, 0.3) is 5.91 Å². The van der Waals surface area contributed by atoms with E-state index >= 15 is 0 Å². The van der Waals surface area contributed by atoms with Gasteiger partial charge in [0.2, 0.25) is 5.91 Å². The van der Waals surface area contributed by atoms with E-state index < -0.39 is 41.0 Å².